The van der Waals surface area contributed by atoms with Gasteiger partial charge >= 0.3 is 5.76 Å². The van der Waals surface area contributed by atoms with Crippen molar-refractivity contribution >= 4 is 23.7 Å². The molecule has 0 amide bonds. The SMILES string of the molecule is O=c1[nH]c2cc(C3(CCS)COC3)ccc2o1. The number of thiol groups is 1. The lowest BCUT2D eigenvalue weighted by Gasteiger charge is -2.41. The second-order valence-corrected chi connectivity index (χ2v) is 4.92. The van der Waals surface area contributed by atoms with Gasteiger partial charge in [-0.1, -0.05) is 6.07 Å². The summed E-state index contributed by atoms with van der Waals surface area (Å²) in [6, 6.07) is 5.82. The summed E-state index contributed by atoms with van der Waals surface area (Å²) >= 11 is 4.30. The van der Waals surface area contributed by atoms with E-state index in [1.54, 1.807) is 0 Å². The zero-order valence-electron chi connectivity index (χ0n) is 9.23. The van der Waals surface area contributed by atoms with Crippen molar-refractivity contribution in [2.24, 2.45) is 0 Å². The highest BCUT2D eigenvalue weighted by atomic mass is 32.1. The Morgan fingerprint density at radius 2 is 2.24 bits per heavy atom. The molecule has 0 saturated carbocycles. The Balaban J connectivity index is 2.07. The third-order valence-corrected chi connectivity index (χ3v) is 3.60. The van der Waals surface area contributed by atoms with Crippen LogP contribution in [0.15, 0.2) is 27.4 Å². The van der Waals surface area contributed by atoms with Gasteiger partial charge < -0.3 is 9.15 Å². The minimum absolute atomic E-state index is 0.0596. The Morgan fingerprint density at radius 1 is 1.41 bits per heavy atom. The Labute approximate surface area is 103 Å². The van der Waals surface area contributed by atoms with Gasteiger partial charge in [-0.3, -0.25) is 4.98 Å². The van der Waals surface area contributed by atoms with Crippen molar-refractivity contribution in [1.82, 2.24) is 4.98 Å². The van der Waals surface area contributed by atoms with E-state index in [0.29, 0.717) is 5.58 Å². The number of oxazole rings is 1. The Morgan fingerprint density at radius 3 is 2.88 bits per heavy atom. The van der Waals surface area contributed by atoms with Gasteiger partial charge in [0.25, 0.3) is 0 Å². The average molecular weight is 251 g/mol. The molecule has 3 rings (SSSR count). The monoisotopic (exact) mass is 251 g/mol. The summed E-state index contributed by atoms with van der Waals surface area (Å²) in [5.41, 5.74) is 2.59. The van der Waals surface area contributed by atoms with Crippen LogP contribution in [0.3, 0.4) is 0 Å². The zero-order valence-corrected chi connectivity index (χ0v) is 10.1. The van der Waals surface area contributed by atoms with E-state index in [9.17, 15) is 4.79 Å². The molecule has 0 radical (unpaired) electrons. The standard InChI is InChI=1S/C12H13NO3S/c14-11-13-9-5-8(1-2-10(9)16-11)12(3-4-17)6-15-7-12/h1-2,5,17H,3-4,6-7H2,(H,13,14). The lowest BCUT2D eigenvalue weighted by Crippen LogP contribution is -2.47. The lowest BCUT2D eigenvalue weighted by atomic mass is 9.76. The number of hydrogen-bond acceptors (Lipinski definition) is 4. The molecule has 0 spiro atoms. The van der Waals surface area contributed by atoms with E-state index in [1.165, 1.54) is 5.56 Å². The van der Waals surface area contributed by atoms with E-state index in [2.05, 4.69) is 17.6 Å². The predicted molar refractivity (Wildman–Crippen MR) is 67.8 cm³/mol. The maximum Gasteiger partial charge on any atom is 0.417 e. The number of aromatic nitrogens is 1. The molecule has 1 fully saturated rings. The van der Waals surface area contributed by atoms with E-state index in [1.807, 2.05) is 18.2 Å². The molecule has 90 valence electrons. The summed E-state index contributed by atoms with van der Waals surface area (Å²) in [6.07, 6.45) is 0.976. The van der Waals surface area contributed by atoms with E-state index in [4.69, 9.17) is 9.15 Å². The predicted octanol–water partition coefficient (Wildman–Crippen LogP) is 1.71. The Bertz CT molecular complexity index is 597. The summed E-state index contributed by atoms with van der Waals surface area (Å²) in [7, 11) is 0. The molecule has 1 aliphatic heterocycles. The number of fused-ring (bicyclic) bond motifs is 1. The van der Waals surface area contributed by atoms with Crippen LogP contribution in [-0.2, 0) is 10.2 Å². The lowest BCUT2D eigenvalue weighted by molar-refractivity contribution is -0.0613. The smallest absolute Gasteiger partial charge is 0.408 e. The first-order chi connectivity index (χ1) is 8.23. The minimum atomic E-state index is -0.412. The third kappa shape index (κ3) is 1.70. The van der Waals surface area contributed by atoms with Crippen LogP contribution in [0, 0.1) is 0 Å². The first kappa shape index (κ1) is 10.9. The van der Waals surface area contributed by atoms with Gasteiger partial charge in [-0.05, 0) is 29.9 Å². The third-order valence-electron chi connectivity index (χ3n) is 3.38. The number of nitrogens with one attached hydrogen (secondary N) is 1. The largest absolute Gasteiger partial charge is 0.417 e. The highest BCUT2D eigenvalue weighted by molar-refractivity contribution is 7.80. The molecule has 1 aromatic carbocycles. The number of benzene rings is 1. The molecule has 5 heteroatoms. The van der Waals surface area contributed by atoms with Crippen LogP contribution in [0.4, 0.5) is 0 Å². The van der Waals surface area contributed by atoms with Crippen LogP contribution in [0.1, 0.15) is 12.0 Å². The van der Waals surface area contributed by atoms with Gasteiger partial charge in [0.1, 0.15) is 0 Å². The van der Waals surface area contributed by atoms with Gasteiger partial charge in [-0.15, -0.1) is 0 Å². The van der Waals surface area contributed by atoms with Gasteiger partial charge in [0.05, 0.1) is 18.7 Å². The zero-order chi connectivity index (χ0) is 11.9. The maximum atomic E-state index is 11.1. The molecule has 1 aliphatic rings. The van der Waals surface area contributed by atoms with Crippen molar-refractivity contribution in [3.8, 4) is 0 Å². The second-order valence-electron chi connectivity index (χ2n) is 4.47. The number of aromatic amines is 1. The van der Waals surface area contributed by atoms with Crippen LogP contribution in [0.5, 0.6) is 0 Å². The summed E-state index contributed by atoms with van der Waals surface area (Å²) < 4.78 is 10.3. The number of hydrogen-bond donors (Lipinski definition) is 2. The highest BCUT2D eigenvalue weighted by Gasteiger charge is 2.39. The molecule has 1 saturated heterocycles. The van der Waals surface area contributed by atoms with Gasteiger partial charge in [0.2, 0.25) is 0 Å². The molecule has 2 heterocycles. The number of H-pyrrole nitrogens is 1. The van der Waals surface area contributed by atoms with Crippen molar-refractivity contribution in [2.45, 2.75) is 11.8 Å². The van der Waals surface area contributed by atoms with Crippen LogP contribution >= 0.6 is 12.6 Å². The summed E-state index contributed by atoms with van der Waals surface area (Å²) in [6.45, 7) is 1.45. The van der Waals surface area contributed by atoms with Gasteiger partial charge in [0, 0.05) is 5.41 Å². The van der Waals surface area contributed by atoms with Crippen LogP contribution in [-0.4, -0.2) is 24.0 Å². The molecule has 0 bridgehead atoms. The quantitative estimate of drug-likeness (QED) is 0.816. The van der Waals surface area contributed by atoms with Crippen LogP contribution in [0.2, 0.25) is 0 Å². The summed E-state index contributed by atoms with van der Waals surface area (Å²) in [5, 5.41) is 0. The molecule has 0 atom stereocenters. The van der Waals surface area contributed by atoms with Gasteiger partial charge in [-0.25, -0.2) is 4.79 Å². The molecular weight excluding hydrogens is 238 g/mol. The molecule has 0 aliphatic carbocycles. The first-order valence-electron chi connectivity index (χ1n) is 5.55. The van der Waals surface area contributed by atoms with Crippen LogP contribution in [0.25, 0.3) is 11.1 Å². The fourth-order valence-electron chi connectivity index (χ4n) is 2.30. The highest BCUT2D eigenvalue weighted by Crippen LogP contribution is 2.36. The molecule has 1 aromatic heterocycles. The van der Waals surface area contributed by atoms with Crippen molar-refractivity contribution in [2.75, 3.05) is 19.0 Å². The summed E-state index contributed by atoms with van der Waals surface area (Å²) in [4.78, 5) is 13.8. The summed E-state index contributed by atoms with van der Waals surface area (Å²) in [5.74, 6) is 0.411. The fraction of sp³-hybridized carbons (Fsp3) is 0.417. The normalized spacial score (nSPS) is 18.2. The molecule has 1 N–H and O–H groups in total. The maximum absolute atomic E-state index is 11.1. The topological polar surface area (TPSA) is 55.2 Å². The van der Waals surface area contributed by atoms with Gasteiger partial charge in [0.15, 0.2) is 5.58 Å². The molecule has 2 aromatic rings. The van der Waals surface area contributed by atoms with Crippen molar-refractivity contribution in [3.63, 3.8) is 0 Å². The Kier molecular flexibility index (Phi) is 2.52. The molecule has 17 heavy (non-hydrogen) atoms. The Hall–Kier alpha value is -1.20. The molecule has 0 unspecified atom stereocenters. The number of rotatable bonds is 3. The molecule has 4 nitrogen and oxygen atoms in total. The van der Waals surface area contributed by atoms with E-state index < -0.39 is 5.76 Å². The van der Waals surface area contributed by atoms with Gasteiger partial charge in [-0.2, -0.15) is 12.6 Å². The van der Waals surface area contributed by atoms with Crippen LogP contribution < -0.4 is 5.76 Å². The minimum Gasteiger partial charge on any atom is -0.408 e. The van der Waals surface area contributed by atoms with E-state index in [-0.39, 0.29) is 5.41 Å². The average Bonchev–Trinajstić information content (AvgIpc) is 2.62. The van der Waals surface area contributed by atoms with Crippen molar-refractivity contribution < 1.29 is 9.15 Å². The van der Waals surface area contributed by atoms with Crippen molar-refractivity contribution in [1.29, 1.82) is 0 Å². The second kappa shape index (κ2) is 3.92. The first-order valence-corrected chi connectivity index (χ1v) is 6.19. The fourth-order valence-corrected chi connectivity index (χ4v) is 2.73. The van der Waals surface area contributed by atoms with E-state index in [0.717, 1.165) is 30.9 Å². The number of ether oxygens (including phenoxy) is 1. The molecular formula is C12H13NO3S. The van der Waals surface area contributed by atoms with Crippen molar-refractivity contribution in [3.05, 3.63) is 34.3 Å². The van der Waals surface area contributed by atoms with E-state index >= 15 is 0 Å².